The lowest BCUT2D eigenvalue weighted by Crippen LogP contribution is -2.36. The van der Waals surface area contributed by atoms with Gasteiger partial charge in [0, 0.05) is 33.6 Å². The molecule has 0 amide bonds. The highest BCUT2D eigenvalue weighted by Crippen LogP contribution is 2.24. The predicted molar refractivity (Wildman–Crippen MR) is 94.5 cm³/mol. The second-order valence-electron chi connectivity index (χ2n) is 5.80. The highest BCUT2D eigenvalue weighted by atomic mass is 127. The summed E-state index contributed by atoms with van der Waals surface area (Å²) in [6.45, 7) is 4.77. The Kier molecular flexibility index (Phi) is 7.47. The summed E-state index contributed by atoms with van der Waals surface area (Å²) in [5.41, 5.74) is 0.771. The maximum atomic E-state index is 13.3. The van der Waals surface area contributed by atoms with Crippen molar-refractivity contribution in [2.24, 2.45) is 4.99 Å². The molecule has 0 spiro atoms. The smallest absolute Gasteiger partial charge is 0.195 e. The fourth-order valence-electron chi connectivity index (χ4n) is 1.95. The molecule has 0 unspecified atom stereocenters. The van der Waals surface area contributed by atoms with Crippen molar-refractivity contribution < 1.29 is 4.39 Å². The zero-order valence-electron chi connectivity index (χ0n) is 13.1. The summed E-state index contributed by atoms with van der Waals surface area (Å²) in [5.74, 6) is 0.708. The van der Waals surface area contributed by atoms with Crippen LogP contribution in [0.15, 0.2) is 29.3 Å². The molecule has 0 atom stereocenters. The Bertz CT molecular complexity index is 446. The maximum absolute atomic E-state index is 13.3. The van der Waals surface area contributed by atoms with Gasteiger partial charge in [-0.2, -0.15) is 0 Å². The van der Waals surface area contributed by atoms with Gasteiger partial charge in [-0.05, 0) is 17.7 Å². The van der Waals surface area contributed by atoms with Crippen molar-refractivity contribution in [1.29, 1.82) is 0 Å². The van der Waals surface area contributed by atoms with Crippen LogP contribution in [-0.4, -0.2) is 50.5 Å². The van der Waals surface area contributed by atoms with E-state index in [1.807, 2.05) is 44.1 Å². The first-order chi connectivity index (χ1) is 8.74. The second kappa shape index (κ2) is 7.81. The van der Waals surface area contributed by atoms with Crippen LogP contribution in [0.2, 0.25) is 0 Å². The Morgan fingerprint density at radius 1 is 1.15 bits per heavy atom. The highest BCUT2D eigenvalue weighted by molar-refractivity contribution is 14.0. The molecular weight excluding hydrogens is 368 g/mol. The minimum atomic E-state index is -0.199. The van der Waals surface area contributed by atoms with Crippen LogP contribution in [0, 0.1) is 5.82 Å². The van der Waals surface area contributed by atoms with Crippen LogP contribution in [0.3, 0.4) is 0 Å². The number of rotatable bonds is 3. The summed E-state index contributed by atoms with van der Waals surface area (Å²) in [4.78, 5) is 8.59. The monoisotopic (exact) mass is 393 g/mol. The average Bonchev–Trinajstić information content (AvgIpc) is 2.28. The molecule has 0 aliphatic rings. The molecule has 1 rings (SSSR count). The Balaban J connectivity index is 0.00000361. The van der Waals surface area contributed by atoms with E-state index in [1.54, 1.807) is 12.1 Å². The summed E-state index contributed by atoms with van der Waals surface area (Å²) < 4.78 is 13.3. The lowest BCUT2D eigenvalue weighted by molar-refractivity contribution is 0.464. The molecule has 0 aliphatic carbocycles. The van der Waals surface area contributed by atoms with E-state index < -0.39 is 0 Å². The minimum absolute atomic E-state index is 0. The second-order valence-corrected chi connectivity index (χ2v) is 5.80. The third-order valence-electron chi connectivity index (χ3n) is 3.02. The van der Waals surface area contributed by atoms with Crippen molar-refractivity contribution in [3.05, 3.63) is 35.6 Å². The SMILES string of the molecule is CN(C)C(=NCC(C)(C)c1cccc(F)c1)N(C)C.I. The number of hydrogen-bond acceptors (Lipinski definition) is 1. The van der Waals surface area contributed by atoms with E-state index in [9.17, 15) is 4.39 Å². The quantitative estimate of drug-likeness (QED) is 0.446. The van der Waals surface area contributed by atoms with Gasteiger partial charge in [-0.1, -0.05) is 26.0 Å². The van der Waals surface area contributed by atoms with E-state index in [-0.39, 0.29) is 35.2 Å². The molecule has 0 fully saturated rings. The highest BCUT2D eigenvalue weighted by Gasteiger charge is 2.21. The van der Waals surface area contributed by atoms with Gasteiger partial charge in [0.25, 0.3) is 0 Å². The van der Waals surface area contributed by atoms with E-state index in [2.05, 4.69) is 18.8 Å². The molecule has 0 N–H and O–H groups in total. The van der Waals surface area contributed by atoms with E-state index in [0.29, 0.717) is 6.54 Å². The van der Waals surface area contributed by atoms with E-state index >= 15 is 0 Å². The molecule has 0 saturated carbocycles. The zero-order valence-corrected chi connectivity index (χ0v) is 15.5. The number of nitrogens with zero attached hydrogens (tertiary/aromatic N) is 3. The summed E-state index contributed by atoms with van der Waals surface area (Å²) in [7, 11) is 7.87. The van der Waals surface area contributed by atoms with Gasteiger partial charge in [0.1, 0.15) is 5.82 Å². The standard InChI is InChI=1S/C15H24FN3.HI/c1-15(2,12-8-7-9-13(16)10-12)11-17-14(18(3)4)19(5)6;/h7-10H,11H2,1-6H3;1H. The number of halogens is 2. The summed E-state index contributed by atoms with van der Waals surface area (Å²) in [6.07, 6.45) is 0. The fourth-order valence-corrected chi connectivity index (χ4v) is 1.95. The van der Waals surface area contributed by atoms with E-state index in [1.165, 1.54) is 6.07 Å². The maximum Gasteiger partial charge on any atom is 0.195 e. The molecule has 114 valence electrons. The first-order valence-corrected chi connectivity index (χ1v) is 6.39. The lowest BCUT2D eigenvalue weighted by Gasteiger charge is -2.27. The zero-order chi connectivity index (χ0) is 14.6. The van der Waals surface area contributed by atoms with Crippen molar-refractivity contribution in [3.8, 4) is 0 Å². The van der Waals surface area contributed by atoms with Crippen LogP contribution >= 0.6 is 24.0 Å². The van der Waals surface area contributed by atoms with Gasteiger partial charge in [0.2, 0.25) is 0 Å². The molecule has 0 aromatic heterocycles. The average molecular weight is 393 g/mol. The van der Waals surface area contributed by atoms with E-state index in [4.69, 9.17) is 0 Å². The van der Waals surface area contributed by atoms with Gasteiger partial charge >= 0.3 is 0 Å². The van der Waals surface area contributed by atoms with Gasteiger partial charge in [0.05, 0.1) is 6.54 Å². The van der Waals surface area contributed by atoms with Gasteiger partial charge in [-0.25, -0.2) is 4.39 Å². The van der Waals surface area contributed by atoms with Crippen LogP contribution in [0.25, 0.3) is 0 Å². The number of hydrogen-bond donors (Lipinski definition) is 0. The molecular formula is C15H25FIN3. The van der Waals surface area contributed by atoms with Crippen LogP contribution in [0.5, 0.6) is 0 Å². The van der Waals surface area contributed by atoms with Gasteiger partial charge < -0.3 is 9.80 Å². The summed E-state index contributed by atoms with van der Waals surface area (Å²) in [6, 6.07) is 6.74. The molecule has 0 radical (unpaired) electrons. The molecule has 1 aromatic carbocycles. The molecule has 20 heavy (non-hydrogen) atoms. The number of benzene rings is 1. The number of aliphatic imine (C=N–C) groups is 1. The van der Waals surface area contributed by atoms with Crippen molar-refractivity contribution in [2.45, 2.75) is 19.3 Å². The lowest BCUT2D eigenvalue weighted by atomic mass is 9.85. The summed E-state index contributed by atoms with van der Waals surface area (Å²) in [5, 5.41) is 0. The Labute approximate surface area is 138 Å². The molecule has 3 nitrogen and oxygen atoms in total. The summed E-state index contributed by atoms with van der Waals surface area (Å²) >= 11 is 0. The Morgan fingerprint density at radius 3 is 2.15 bits per heavy atom. The molecule has 0 bridgehead atoms. The third-order valence-corrected chi connectivity index (χ3v) is 3.02. The third kappa shape index (κ3) is 5.26. The van der Waals surface area contributed by atoms with Crippen LogP contribution in [0.1, 0.15) is 19.4 Å². The van der Waals surface area contributed by atoms with Gasteiger partial charge in [0.15, 0.2) is 5.96 Å². The Hall–Kier alpha value is -0.850. The molecule has 5 heteroatoms. The predicted octanol–water partition coefficient (Wildman–Crippen LogP) is 3.20. The van der Waals surface area contributed by atoms with Gasteiger partial charge in [-0.3, -0.25) is 4.99 Å². The van der Waals surface area contributed by atoms with Crippen LogP contribution in [0.4, 0.5) is 4.39 Å². The normalized spacial score (nSPS) is 10.6. The first-order valence-electron chi connectivity index (χ1n) is 6.39. The topological polar surface area (TPSA) is 18.8 Å². The number of guanidine groups is 1. The molecule has 0 heterocycles. The molecule has 0 aliphatic heterocycles. The van der Waals surface area contributed by atoms with Crippen molar-refractivity contribution in [3.63, 3.8) is 0 Å². The molecule has 1 aromatic rings. The molecule has 0 saturated heterocycles. The van der Waals surface area contributed by atoms with Gasteiger partial charge in [-0.15, -0.1) is 24.0 Å². The van der Waals surface area contributed by atoms with Crippen molar-refractivity contribution in [1.82, 2.24) is 9.80 Å². The van der Waals surface area contributed by atoms with Crippen molar-refractivity contribution in [2.75, 3.05) is 34.7 Å². The van der Waals surface area contributed by atoms with Crippen LogP contribution < -0.4 is 0 Å². The largest absolute Gasteiger partial charge is 0.349 e. The minimum Gasteiger partial charge on any atom is -0.349 e. The fraction of sp³-hybridized carbons (Fsp3) is 0.533. The Morgan fingerprint density at radius 2 is 1.70 bits per heavy atom. The van der Waals surface area contributed by atoms with Crippen LogP contribution in [-0.2, 0) is 5.41 Å². The van der Waals surface area contributed by atoms with E-state index in [0.717, 1.165) is 11.5 Å². The first kappa shape index (κ1) is 19.1. The van der Waals surface area contributed by atoms with Crippen molar-refractivity contribution >= 4 is 29.9 Å².